The van der Waals surface area contributed by atoms with E-state index in [9.17, 15) is 9.18 Å². The highest BCUT2D eigenvalue weighted by Gasteiger charge is 2.02. The fourth-order valence-corrected chi connectivity index (χ4v) is 0.840. The van der Waals surface area contributed by atoms with Crippen LogP contribution in [0.4, 0.5) is 4.39 Å². The van der Waals surface area contributed by atoms with E-state index in [0.717, 1.165) is 6.20 Å². The van der Waals surface area contributed by atoms with Gasteiger partial charge in [-0.25, -0.2) is 9.18 Å². The summed E-state index contributed by atoms with van der Waals surface area (Å²) in [6.07, 6.45) is 3.54. The topological polar surface area (TPSA) is 50.2 Å². The van der Waals surface area contributed by atoms with Crippen molar-refractivity contribution in [2.75, 3.05) is 0 Å². The third-order valence-electron chi connectivity index (χ3n) is 1.52. The van der Waals surface area contributed by atoms with Gasteiger partial charge in [-0.05, 0) is 18.2 Å². The molecule has 0 fully saturated rings. The van der Waals surface area contributed by atoms with E-state index >= 15 is 0 Å². The summed E-state index contributed by atoms with van der Waals surface area (Å²) in [5, 5.41) is 8.65. The Kier molecular flexibility index (Phi) is 3.12. The maximum atomic E-state index is 12.4. The second kappa shape index (κ2) is 4.32. The van der Waals surface area contributed by atoms with E-state index in [2.05, 4.69) is 11.6 Å². The molecule has 1 N–H and O–H groups in total. The van der Waals surface area contributed by atoms with E-state index in [1.165, 1.54) is 24.3 Å². The van der Waals surface area contributed by atoms with Crippen molar-refractivity contribution in [3.05, 3.63) is 48.1 Å². The van der Waals surface area contributed by atoms with Crippen molar-refractivity contribution in [3.63, 3.8) is 0 Å². The van der Waals surface area contributed by atoms with Gasteiger partial charge in [0.15, 0.2) is 0 Å². The summed E-state index contributed by atoms with van der Waals surface area (Å²) in [5.41, 5.74) is 0.396. The number of rotatable bonds is 3. The van der Waals surface area contributed by atoms with Gasteiger partial charge >= 0.3 is 5.97 Å². The number of hydrogen-bond acceptors (Lipinski definition) is 2. The number of halogens is 1. The van der Waals surface area contributed by atoms with Gasteiger partial charge in [-0.3, -0.25) is 4.98 Å². The number of carbonyl (C=O) groups is 1. The Morgan fingerprint density at radius 3 is 2.71 bits per heavy atom. The highest BCUT2D eigenvalue weighted by molar-refractivity contribution is 5.94. The van der Waals surface area contributed by atoms with Gasteiger partial charge in [0.2, 0.25) is 0 Å². The van der Waals surface area contributed by atoms with Gasteiger partial charge in [0.25, 0.3) is 0 Å². The molecule has 0 saturated heterocycles. The van der Waals surface area contributed by atoms with Crippen LogP contribution >= 0.6 is 0 Å². The lowest BCUT2D eigenvalue weighted by atomic mass is 10.2. The number of carboxylic acids is 1. The van der Waals surface area contributed by atoms with Crippen molar-refractivity contribution < 1.29 is 14.3 Å². The SMILES string of the molecule is C=C/C(=C\c1ccc(F)cn1)C(=O)O. The van der Waals surface area contributed by atoms with Crippen molar-refractivity contribution in [1.29, 1.82) is 0 Å². The summed E-state index contributed by atoms with van der Waals surface area (Å²) in [5.74, 6) is -1.55. The van der Waals surface area contributed by atoms with Gasteiger partial charge in [0.05, 0.1) is 17.5 Å². The number of pyridine rings is 1. The smallest absolute Gasteiger partial charge is 0.335 e. The first-order chi connectivity index (χ1) is 6.63. The Morgan fingerprint density at radius 2 is 2.29 bits per heavy atom. The Bertz CT molecular complexity index is 382. The van der Waals surface area contributed by atoms with Gasteiger partial charge in [-0.1, -0.05) is 12.7 Å². The molecule has 1 aromatic rings. The van der Waals surface area contributed by atoms with E-state index in [1.54, 1.807) is 0 Å². The first-order valence-electron chi connectivity index (χ1n) is 3.82. The van der Waals surface area contributed by atoms with Crippen LogP contribution in [0.15, 0.2) is 36.6 Å². The molecular formula is C10H8FNO2. The highest BCUT2D eigenvalue weighted by Crippen LogP contribution is 2.05. The second-order valence-corrected chi connectivity index (χ2v) is 2.51. The van der Waals surface area contributed by atoms with Crippen LogP contribution in [0.2, 0.25) is 0 Å². The predicted octanol–water partition coefficient (Wildman–Crippen LogP) is 1.87. The Hall–Kier alpha value is -1.97. The van der Waals surface area contributed by atoms with Gasteiger partial charge in [-0.15, -0.1) is 0 Å². The molecule has 3 nitrogen and oxygen atoms in total. The molecule has 0 aromatic carbocycles. The van der Waals surface area contributed by atoms with Crippen molar-refractivity contribution in [3.8, 4) is 0 Å². The summed E-state index contributed by atoms with van der Waals surface area (Å²) in [6.45, 7) is 3.35. The second-order valence-electron chi connectivity index (χ2n) is 2.51. The minimum absolute atomic E-state index is 0.0177. The molecule has 0 aliphatic heterocycles. The van der Waals surface area contributed by atoms with Crippen LogP contribution in [0.1, 0.15) is 5.69 Å². The summed E-state index contributed by atoms with van der Waals surface area (Å²) in [6, 6.07) is 2.60. The standard InChI is InChI=1S/C10H8FNO2/c1-2-7(10(13)14)5-9-4-3-8(11)6-12-9/h2-6H,1H2,(H,13,14)/b7-5+. The maximum absolute atomic E-state index is 12.4. The zero-order chi connectivity index (χ0) is 10.6. The Balaban J connectivity index is 3.01. The van der Waals surface area contributed by atoms with E-state index in [-0.39, 0.29) is 5.57 Å². The molecule has 0 bridgehead atoms. The first kappa shape index (κ1) is 10.1. The summed E-state index contributed by atoms with van der Waals surface area (Å²) >= 11 is 0. The van der Waals surface area contributed by atoms with Crippen LogP contribution in [0.25, 0.3) is 6.08 Å². The molecule has 0 spiro atoms. The lowest BCUT2D eigenvalue weighted by Gasteiger charge is -1.95. The average Bonchev–Trinajstić information content (AvgIpc) is 2.16. The van der Waals surface area contributed by atoms with Crippen LogP contribution in [-0.4, -0.2) is 16.1 Å². The molecule has 0 saturated carbocycles. The summed E-state index contributed by atoms with van der Waals surface area (Å²) < 4.78 is 12.4. The normalized spacial score (nSPS) is 11.1. The summed E-state index contributed by atoms with van der Waals surface area (Å²) in [4.78, 5) is 14.2. The van der Waals surface area contributed by atoms with Crippen LogP contribution in [-0.2, 0) is 4.79 Å². The molecule has 0 radical (unpaired) electrons. The molecule has 1 aromatic heterocycles. The monoisotopic (exact) mass is 193 g/mol. The van der Waals surface area contributed by atoms with Gasteiger partial charge in [0.1, 0.15) is 5.82 Å². The highest BCUT2D eigenvalue weighted by atomic mass is 19.1. The number of nitrogens with zero attached hydrogens (tertiary/aromatic N) is 1. The van der Waals surface area contributed by atoms with Crippen molar-refractivity contribution >= 4 is 12.0 Å². The molecular weight excluding hydrogens is 185 g/mol. The summed E-state index contributed by atoms with van der Waals surface area (Å²) in [7, 11) is 0. The fourth-order valence-electron chi connectivity index (χ4n) is 0.840. The predicted molar refractivity (Wildman–Crippen MR) is 50.0 cm³/mol. The quantitative estimate of drug-likeness (QED) is 0.589. The number of hydrogen-bond donors (Lipinski definition) is 1. The Morgan fingerprint density at radius 1 is 1.57 bits per heavy atom. The number of aliphatic carboxylic acids is 1. The van der Waals surface area contributed by atoms with Crippen molar-refractivity contribution in [2.24, 2.45) is 0 Å². The third kappa shape index (κ3) is 2.52. The van der Waals surface area contributed by atoms with E-state index in [0.29, 0.717) is 5.69 Å². The van der Waals surface area contributed by atoms with Crippen LogP contribution in [0.5, 0.6) is 0 Å². The van der Waals surface area contributed by atoms with Crippen LogP contribution in [0, 0.1) is 5.82 Å². The largest absolute Gasteiger partial charge is 0.478 e. The van der Waals surface area contributed by atoms with Crippen LogP contribution in [0.3, 0.4) is 0 Å². The third-order valence-corrected chi connectivity index (χ3v) is 1.52. The molecule has 0 aliphatic rings. The maximum Gasteiger partial charge on any atom is 0.335 e. The molecule has 1 rings (SSSR count). The van der Waals surface area contributed by atoms with E-state index in [4.69, 9.17) is 5.11 Å². The zero-order valence-electron chi connectivity index (χ0n) is 7.27. The van der Waals surface area contributed by atoms with Gasteiger partial charge < -0.3 is 5.11 Å². The number of aromatic nitrogens is 1. The average molecular weight is 193 g/mol. The van der Waals surface area contributed by atoms with Crippen molar-refractivity contribution in [2.45, 2.75) is 0 Å². The molecule has 0 unspecified atom stereocenters. The van der Waals surface area contributed by atoms with Crippen LogP contribution < -0.4 is 0 Å². The number of carboxylic acid groups (broad SMARTS) is 1. The minimum atomic E-state index is -1.09. The molecule has 4 heteroatoms. The minimum Gasteiger partial charge on any atom is -0.478 e. The Labute approximate surface area is 80.2 Å². The van der Waals surface area contributed by atoms with E-state index in [1.807, 2.05) is 0 Å². The lowest BCUT2D eigenvalue weighted by Crippen LogP contribution is -1.97. The van der Waals surface area contributed by atoms with Gasteiger partial charge in [0, 0.05) is 0 Å². The van der Waals surface area contributed by atoms with Crippen molar-refractivity contribution in [1.82, 2.24) is 4.98 Å². The molecule has 0 aliphatic carbocycles. The van der Waals surface area contributed by atoms with Gasteiger partial charge in [-0.2, -0.15) is 0 Å². The lowest BCUT2D eigenvalue weighted by molar-refractivity contribution is -0.132. The molecule has 14 heavy (non-hydrogen) atoms. The fraction of sp³-hybridized carbons (Fsp3) is 0. The molecule has 0 atom stereocenters. The van der Waals surface area contributed by atoms with E-state index < -0.39 is 11.8 Å². The molecule has 1 heterocycles. The molecule has 72 valence electrons. The first-order valence-corrected chi connectivity index (χ1v) is 3.82. The zero-order valence-corrected chi connectivity index (χ0v) is 7.27. The molecule has 0 amide bonds.